The number of benzene rings is 1. The highest BCUT2D eigenvalue weighted by molar-refractivity contribution is 9.10. The Morgan fingerprint density at radius 1 is 1.29 bits per heavy atom. The van der Waals surface area contributed by atoms with Gasteiger partial charge in [-0.2, -0.15) is 0 Å². The molecular weight excluding hydrogens is 324 g/mol. The number of halogens is 6. The molecule has 0 N–H and O–H groups in total. The molecule has 0 aliphatic carbocycles. The predicted molar refractivity (Wildman–Crippen MR) is 55.6 cm³/mol. The molecule has 0 atom stereocenters. The van der Waals surface area contributed by atoms with Crippen molar-refractivity contribution in [3.63, 3.8) is 0 Å². The van der Waals surface area contributed by atoms with Crippen LogP contribution in [-0.2, 0) is 0 Å². The standard InChI is InChI=1S/C7H2BrCl3F2O/c8-4-1-3(9)2-5(10)6(4)14-7(11,12)13/h1-2H. The zero-order valence-electron chi connectivity index (χ0n) is 6.33. The van der Waals surface area contributed by atoms with Crippen molar-refractivity contribution in [2.45, 2.75) is 5.57 Å². The van der Waals surface area contributed by atoms with Crippen molar-refractivity contribution in [1.82, 2.24) is 0 Å². The van der Waals surface area contributed by atoms with Crippen LogP contribution in [0.2, 0.25) is 10.0 Å². The molecule has 0 spiro atoms. The number of hydrogen-bond donors (Lipinski definition) is 0. The lowest BCUT2D eigenvalue weighted by atomic mass is 10.3. The third-order valence-corrected chi connectivity index (χ3v) is 2.35. The van der Waals surface area contributed by atoms with Gasteiger partial charge < -0.3 is 4.74 Å². The molecule has 0 fully saturated rings. The van der Waals surface area contributed by atoms with Crippen molar-refractivity contribution in [3.8, 4) is 5.75 Å². The minimum absolute atomic E-state index is 0.0512. The Hall–Kier alpha value is 0.230. The van der Waals surface area contributed by atoms with Crippen LogP contribution in [0, 0.1) is 0 Å². The lowest BCUT2D eigenvalue weighted by Gasteiger charge is -2.13. The van der Waals surface area contributed by atoms with Crippen LogP contribution in [-0.4, -0.2) is 5.57 Å². The molecule has 0 saturated carbocycles. The van der Waals surface area contributed by atoms with Crippen LogP contribution in [0.4, 0.5) is 8.78 Å². The molecule has 0 aromatic heterocycles. The molecule has 78 valence electrons. The van der Waals surface area contributed by atoms with E-state index in [-0.39, 0.29) is 15.2 Å². The molecule has 14 heavy (non-hydrogen) atoms. The van der Waals surface area contributed by atoms with Crippen LogP contribution in [0.5, 0.6) is 5.75 Å². The second kappa shape index (κ2) is 4.39. The first kappa shape index (κ1) is 12.3. The zero-order valence-corrected chi connectivity index (χ0v) is 10.2. The molecule has 0 bridgehead atoms. The Morgan fingerprint density at radius 2 is 1.86 bits per heavy atom. The second-order valence-corrected chi connectivity index (χ2v) is 4.38. The van der Waals surface area contributed by atoms with Gasteiger partial charge in [-0.25, -0.2) is 0 Å². The quantitative estimate of drug-likeness (QED) is 0.701. The molecule has 0 aliphatic rings. The van der Waals surface area contributed by atoms with E-state index in [9.17, 15) is 8.78 Å². The summed E-state index contributed by atoms with van der Waals surface area (Å²) in [5, 5.41) is 0.247. The van der Waals surface area contributed by atoms with Gasteiger partial charge in [-0.15, -0.1) is 8.78 Å². The van der Waals surface area contributed by atoms with E-state index in [4.69, 9.17) is 23.2 Å². The molecule has 0 unspecified atom stereocenters. The number of rotatable bonds is 2. The predicted octanol–water partition coefficient (Wildman–Crippen LogP) is 4.92. The molecule has 1 rings (SSSR count). The van der Waals surface area contributed by atoms with E-state index in [1.54, 1.807) is 0 Å². The van der Waals surface area contributed by atoms with Gasteiger partial charge in [0.25, 0.3) is 0 Å². The molecule has 0 radical (unpaired) electrons. The van der Waals surface area contributed by atoms with Gasteiger partial charge in [0.2, 0.25) is 0 Å². The van der Waals surface area contributed by atoms with E-state index in [2.05, 4.69) is 32.3 Å². The summed E-state index contributed by atoms with van der Waals surface area (Å²) in [5.74, 6) is -0.254. The summed E-state index contributed by atoms with van der Waals surface area (Å²) in [4.78, 5) is 0. The van der Waals surface area contributed by atoms with E-state index in [0.29, 0.717) is 5.02 Å². The molecule has 0 heterocycles. The summed E-state index contributed by atoms with van der Waals surface area (Å²) < 4.78 is 28.9. The van der Waals surface area contributed by atoms with E-state index < -0.39 is 5.57 Å². The highest BCUT2D eigenvalue weighted by Gasteiger charge is 2.29. The van der Waals surface area contributed by atoms with Gasteiger partial charge in [0.15, 0.2) is 5.75 Å². The summed E-state index contributed by atoms with van der Waals surface area (Å²) in [6, 6.07) is 2.64. The largest absolute Gasteiger partial charge is 0.487 e. The highest BCUT2D eigenvalue weighted by Crippen LogP contribution is 2.39. The van der Waals surface area contributed by atoms with Crippen molar-refractivity contribution < 1.29 is 13.5 Å². The Balaban J connectivity index is 3.09. The lowest BCUT2D eigenvalue weighted by Crippen LogP contribution is -2.16. The van der Waals surface area contributed by atoms with Crippen LogP contribution in [0.1, 0.15) is 0 Å². The summed E-state index contributed by atoms with van der Waals surface area (Å²) in [7, 11) is 0. The normalized spacial score (nSPS) is 11.6. The van der Waals surface area contributed by atoms with E-state index >= 15 is 0 Å². The average molecular weight is 326 g/mol. The second-order valence-electron chi connectivity index (χ2n) is 2.25. The van der Waals surface area contributed by atoms with Crippen molar-refractivity contribution >= 4 is 50.7 Å². The van der Waals surface area contributed by atoms with Gasteiger partial charge in [-0.1, -0.05) is 23.2 Å². The van der Waals surface area contributed by atoms with Crippen LogP contribution >= 0.6 is 50.7 Å². The Bertz CT molecular complexity index is 330. The number of hydrogen-bond acceptors (Lipinski definition) is 1. The van der Waals surface area contributed by atoms with Crippen LogP contribution < -0.4 is 4.74 Å². The van der Waals surface area contributed by atoms with Gasteiger partial charge in [0, 0.05) is 16.6 Å². The van der Waals surface area contributed by atoms with Crippen LogP contribution in [0.15, 0.2) is 16.6 Å². The average Bonchev–Trinajstić information content (AvgIpc) is 1.95. The van der Waals surface area contributed by atoms with E-state index in [0.717, 1.165) is 0 Å². The van der Waals surface area contributed by atoms with Crippen molar-refractivity contribution in [3.05, 3.63) is 26.7 Å². The minimum atomic E-state index is -3.81. The molecule has 1 aromatic carbocycles. The SMILES string of the molecule is FC(F)(Cl)Oc1c(Cl)cc(Cl)cc1Br. The molecule has 7 heteroatoms. The molecule has 0 aliphatic heterocycles. The van der Waals surface area contributed by atoms with Crippen LogP contribution in [0.25, 0.3) is 0 Å². The topological polar surface area (TPSA) is 9.23 Å². The van der Waals surface area contributed by atoms with E-state index in [1.165, 1.54) is 12.1 Å². The Kier molecular flexibility index (Phi) is 3.86. The van der Waals surface area contributed by atoms with Crippen LogP contribution in [0.3, 0.4) is 0 Å². The van der Waals surface area contributed by atoms with Gasteiger partial charge >= 0.3 is 5.57 Å². The molecule has 0 amide bonds. The fraction of sp³-hybridized carbons (Fsp3) is 0.143. The summed E-state index contributed by atoms with van der Waals surface area (Å²) in [5.41, 5.74) is -3.81. The maximum atomic E-state index is 12.3. The van der Waals surface area contributed by atoms with Crippen molar-refractivity contribution in [1.29, 1.82) is 0 Å². The number of ether oxygens (including phenoxy) is 1. The maximum Gasteiger partial charge on any atom is 0.487 e. The lowest BCUT2D eigenvalue weighted by molar-refractivity contribution is -0.0968. The van der Waals surface area contributed by atoms with Gasteiger partial charge in [-0.3, -0.25) is 0 Å². The first-order valence-electron chi connectivity index (χ1n) is 3.20. The fourth-order valence-corrected chi connectivity index (χ4v) is 2.14. The van der Waals surface area contributed by atoms with Gasteiger partial charge in [0.1, 0.15) is 0 Å². The molecule has 1 aromatic rings. The smallest absolute Gasteiger partial charge is 0.417 e. The minimum Gasteiger partial charge on any atom is -0.417 e. The molecule has 0 saturated heterocycles. The number of alkyl halides is 3. The summed E-state index contributed by atoms with van der Waals surface area (Å²) in [6.45, 7) is 0. The first-order chi connectivity index (χ1) is 6.29. The van der Waals surface area contributed by atoms with E-state index in [1.807, 2.05) is 0 Å². The van der Waals surface area contributed by atoms with Crippen molar-refractivity contribution in [2.75, 3.05) is 0 Å². The monoisotopic (exact) mass is 324 g/mol. The summed E-state index contributed by atoms with van der Waals surface area (Å²) >= 11 is 18.8. The van der Waals surface area contributed by atoms with Gasteiger partial charge in [0.05, 0.1) is 9.50 Å². The van der Waals surface area contributed by atoms with Crippen molar-refractivity contribution in [2.24, 2.45) is 0 Å². The molecular formula is C7H2BrCl3F2O. The first-order valence-corrected chi connectivity index (χ1v) is 5.12. The summed E-state index contributed by atoms with van der Waals surface area (Å²) in [6.07, 6.45) is 0. The Labute approximate surface area is 102 Å². The highest BCUT2D eigenvalue weighted by atomic mass is 79.9. The fourth-order valence-electron chi connectivity index (χ4n) is 0.742. The zero-order chi connectivity index (χ0) is 10.9. The molecule has 1 nitrogen and oxygen atoms in total. The van der Waals surface area contributed by atoms with Gasteiger partial charge in [-0.05, 0) is 28.1 Å². The third kappa shape index (κ3) is 3.42. The Morgan fingerprint density at radius 3 is 2.29 bits per heavy atom. The third-order valence-electron chi connectivity index (χ3n) is 1.18. The maximum absolute atomic E-state index is 12.3.